The number of rotatable bonds is 2. The smallest absolute Gasteiger partial charge is 0.0839 e. The van der Waals surface area contributed by atoms with Crippen LogP contribution in [0.15, 0.2) is 5.18 Å². The van der Waals surface area contributed by atoms with Crippen LogP contribution >= 0.6 is 0 Å². The van der Waals surface area contributed by atoms with Gasteiger partial charge in [0.25, 0.3) is 0 Å². The first kappa shape index (κ1) is 7.70. The first-order chi connectivity index (χ1) is 4.83. The van der Waals surface area contributed by atoms with Crippen LogP contribution in [0, 0.1) is 16.7 Å². The van der Waals surface area contributed by atoms with Crippen LogP contribution in [0.5, 0.6) is 0 Å². The molecule has 10 heavy (non-hydrogen) atoms. The van der Waals surface area contributed by atoms with E-state index >= 15 is 0 Å². The highest BCUT2D eigenvalue weighted by Crippen LogP contribution is 2.28. The maximum absolute atomic E-state index is 9.90. The van der Waals surface area contributed by atoms with Crippen molar-refractivity contribution in [1.82, 2.24) is 0 Å². The van der Waals surface area contributed by atoms with Gasteiger partial charge >= 0.3 is 0 Å². The molecule has 1 aliphatic rings. The number of nitrogens with zero attached hydrogens (tertiary/aromatic N) is 1. The summed E-state index contributed by atoms with van der Waals surface area (Å²) in [6, 6.07) is 0. The molecule has 0 bridgehead atoms. The summed E-state index contributed by atoms with van der Waals surface area (Å²) in [6.07, 6.45) is 5.01. The first-order valence-corrected chi connectivity index (χ1v) is 4.12. The Morgan fingerprint density at radius 1 is 1.30 bits per heavy atom. The zero-order valence-electron chi connectivity index (χ0n) is 6.55. The highest BCUT2D eigenvalue weighted by atomic mass is 16.3. The summed E-state index contributed by atoms with van der Waals surface area (Å²) in [5.74, 6) is 1.48. The van der Waals surface area contributed by atoms with E-state index in [9.17, 15) is 4.91 Å². The van der Waals surface area contributed by atoms with Crippen molar-refractivity contribution in [2.45, 2.75) is 32.6 Å². The van der Waals surface area contributed by atoms with Gasteiger partial charge in [0, 0.05) is 0 Å². The molecular weight excluding hydrogens is 126 g/mol. The van der Waals surface area contributed by atoms with Gasteiger partial charge in [-0.1, -0.05) is 24.9 Å². The van der Waals surface area contributed by atoms with Gasteiger partial charge < -0.3 is 0 Å². The first-order valence-electron chi connectivity index (χ1n) is 4.12. The second kappa shape index (κ2) is 3.69. The Labute approximate surface area is 62.0 Å². The summed E-state index contributed by atoms with van der Waals surface area (Å²) in [4.78, 5) is 9.90. The van der Waals surface area contributed by atoms with E-state index in [0.29, 0.717) is 12.5 Å². The van der Waals surface area contributed by atoms with Crippen molar-refractivity contribution >= 4 is 0 Å². The third-order valence-corrected chi connectivity index (χ3v) is 2.47. The number of hydrogen-bond donors (Lipinski definition) is 0. The Kier molecular flexibility index (Phi) is 2.84. The van der Waals surface area contributed by atoms with Gasteiger partial charge in [-0.25, -0.2) is 0 Å². The number of hydrogen-bond acceptors (Lipinski definition) is 2. The van der Waals surface area contributed by atoms with Gasteiger partial charge in [-0.3, -0.25) is 0 Å². The normalized spacial score (nSPS) is 33.7. The fourth-order valence-corrected chi connectivity index (χ4v) is 1.62. The average molecular weight is 141 g/mol. The molecule has 0 radical (unpaired) electrons. The fraction of sp³-hybridized carbons (Fsp3) is 1.00. The molecule has 0 aliphatic heterocycles. The summed E-state index contributed by atoms with van der Waals surface area (Å²) in [5.41, 5.74) is 0. The Bertz CT molecular complexity index is 106. The van der Waals surface area contributed by atoms with E-state index in [2.05, 4.69) is 12.1 Å². The van der Waals surface area contributed by atoms with E-state index < -0.39 is 0 Å². The molecular formula is C8H15NO. The molecule has 0 aromatic rings. The molecule has 1 aliphatic carbocycles. The second-order valence-corrected chi connectivity index (χ2v) is 3.44. The Morgan fingerprint density at radius 3 is 2.40 bits per heavy atom. The molecule has 0 aromatic heterocycles. The largest absolute Gasteiger partial charge is 0.151 e. The van der Waals surface area contributed by atoms with Crippen LogP contribution in [0.25, 0.3) is 0 Å². The Morgan fingerprint density at radius 2 is 1.90 bits per heavy atom. The lowest BCUT2D eigenvalue weighted by Gasteiger charge is -2.23. The topological polar surface area (TPSA) is 29.4 Å². The quantitative estimate of drug-likeness (QED) is 0.543. The minimum absolute atomic E-state index is 0.548. The molecule has 0 N–H and O–H groups in total. The van der Waals surface area contributed by atoms with Crippen LogP contribution in [0.2, 0.25) is 0 Å². The van der Waals surface area contributed by atoms with Crippen LogP contribution in [-0.4, -0.2) is 6.54 Å². The molecule has 58 valence electrons. The van der Waals surface area contributed by atoms with Crippen molar-refractivity contribution in [2.24, 2.45) is 17.0 Å². The molecule has 2 heteroatoms. The van der Waals surface area contributed by atoms with E-state index in [-0.39, 0.29) is 0 Å². The van der Waals surface area contributed by atoms with Gasteiger partial charge in [0.15, 0.2) is 0 Å². The van der Waals surface area contributed by atoms with Crippen LogP contribution in [-0.2, 0) is 0 Å². The summed E-state index contributed by atoms with van der Waals surface area (Å²) in [5, 5.41) is 2.93. The molecule has 1 rings (SSSR count). The maximum Gasteiger partial charge on any atom is 0.0839 e. The predicted octanol–water partition coefficient (Wildman–Crippen LogP) is 2.58. The third-order valence-electron chi connectivity index (χ3n) is 2.47. The molecule has 0 aromatic carbocycles. The lowest BCUT2D eigenvalue weighted by Crippen LogP contribution is -2.14. The van der Waals surface area contributed by atoms with E-state index in [1.54, 1.807) is 0 Å². The monoisotopic (exact) mass is 141 g/mol. The lowest BCUT2D eigenvalue weighted by atomic mass is 9.83. The second-order valence-electron chi connectivity index (χ2n) is 3.44. The molecule has 0 atom stereocenters. The van der Waals surface area contributed by atoms with Crippen LogP contribution in [0.3, 0.4) is 0 Å². The van der Waals surface area contributed by atoms with Gasteiger partial charge in [0.1, 0.15) is 0 Å². The molecule has 1 saturated carbocycles. The minimum atomic E-state index is 0.548. The predicted molar refractivity (Wildman–Crippen MR) is 41.8 cm³/mol. The highest BCUT2D eigenvalue weighted by molar-refractivity contribution is 4.71. The van der Waals surface area contributed by atoms with Crippen molar-refractivity contribution in [2.75, 3.05) is 6.54 Å². The van der Waals surface area contributed by atoms with Gasteiger partial charge in [-0.2, -0.15) is 4.91 Å². The van der Waals surface area contributed by atoms with Crippen LogP contribution in [0.4, 0.5) is 0 Å². The Balaban J connectivity index is 2.19. The van der Waals surface area contributed by atoms with Crippen molar-refractivity contribution in [3.63, 3.8) is 0 Å². The van der Waals surface area contributed by atoms with E-state index in [0.717, 1.165) is 5.92 Å². The zero-order chi connectivity index (χ0) is 7.40. The van der Waals surface area contributed by atoms with Gasteiger partial charge in [-0.05, 0) is 24.7 Å². The van der Waals surface area contributed by atoms with Crippen LogP contribution < -0.4 is 0 Å². The summed E-state index contributed by atoms with van der Waals surface area (Å²) >= 11 is 0. The molecule has 2 nitrogen and oxygen atoms in total. The summed E-state index contributed by atoms with van der Waals surface area (Å²) in [7, 11) is 0. The van der Waals surface area contributed by atoms with E-state index in [1.165, 1.54) is 25.7 Å². The molecule has 1 fully saturated rings. The molecule has 0 spiro atoms. The lowest BCUT2D eigenvalue weighted by molar-refractivity contribution is 0.296. The molecule has 0 saturated heterocycles. The SMILES string of the molecule is CC1CCC(CN=O)CC1. The highest BCUT2D eigenvalue weighted by Gasteiger charge is 2.17. The maximum atomic E-state index is 9.90. The van der Waals surface area contributed by atoms with Crippen molar-refractivity contribution in [1.29, 1.82) is 0 Å². The average Bonchev–Trinajstić information content (AvgIpc) is 1.95. The van der Waals surface area contributed by atoms with E-state index in [1.807, 2.05) is 0 Å². The fourth-order valence-electron chi connectivity index (χ4n) is 1.62. The minimum Gasteiger partial charge on any atom is -0.151 e. The molecule has 0 heterocycles. The standard InChI is InChI=1S/C8H15NO/c1-7-2-4-8(5-3-7)6-9-10/h7-8H,2-6H2,1H3. The molecule has 0 amide bonds. The van der Waals surface area contributed by atoms with Crippen LogP contribution in [0.1, 0.15) is 32.6 Å². The zero-order valence-corrected chi connectivity index (χ0v) is 6.55. The Hall–Kier alpha value is -0.400. The molecule has 0 unspecified atom stereocenters. The third kappa shape index (κ3) is 2.09. The van der Waals surface area contributed by atoms with Gasteiger partial charge in [-0.15, -0.1) is 0 Å². The van der Waals surface area contributed by atoms with Gasteiger partial charge in [0.2, 0.25) is 0 Å². The van der Waals surface area contributed by atoms with E-state index in [4.69, 9.17) is 0 Å². The van der Waals surface area contributed by atoms with Crippen molar-refractivity contribution < 1.29 is 0 Å². The number of nitroso groups, excluding NO2 is 1. The van der Waals surface area contributed by atoms with Crippen molar-refractivity contribution in [3.8, 4) is 0 Å². The summed E-state index contributed by atoms with van der Waals surface area (Å²) < 4.78 is 0. The van der Waals surface area contributed by atoms with Crippen molar-refractivity contribution in [3.05, 3.63) is 4.91 Å². The summed E-state index contributed by atoms with van der Waals surface area (Å²) in [6.45, 7) is 2.83. The van der Waals surface area contributed by atoms with Gasteiger partial charge in [0.05, 0.1) is 6.54 Å².